The van der Waals surface area contributed by atoms with Crippen molar-refractivity contribution in [2.75, 3.05) is 11.5 Å². The normalized spacial score (nSPS) is 19.3. The van der Waals surface area contributed by atoms with E-state index in [9.17, 15) is 13.2 Å². The van der Waals surface area contributed by atoms with Crippen LogP contribution in [0, 0.1) is 0 Å². The van der Waals surface area contributed by atoms with Crippen molar-refractivity contribution in [1.29, 1.82) is 0 Å². The topological polar surface area (TPSA) is 87.6 Å². The molecule has 26 heavy (non-hydrogen) atoms. The third-order valence-electron chi connectivity index (χ3n) is 3.98. The van der Waals surface area contributed by atoms with Gasteiger partial charge in [0.15, 0.2) is 9.84 Å². The maximum Gasteiger partial charge on any atom is 0.335 e. The smallest absolute Gasteiger partial charge is 0.333 e. The molecular weight excluding hydrogens is 394 g/mol. The summed E-state index contributed by atoms with van der Waals surface area (Å²) < 4.78 is 22.8. The molecular formula is C17H18ClN3O3S2. The van der Waals surface area contributed by atoms with Crippen LogP contribution < -0.4 is 10.7 Å². The second-order valence-corrected chi connectivity index (χ2v) is 9.80. The van der Waals surface area contributed by atoms with Gasteiger partial charge < -0.3 is 5.32 Å². The Morgan fingerprint density at radius 3 is 2.62 bits per heavy atom. The lowest BCUT2D eigenvalue weighted by atomic mass is 10.2. The van der Waals surface area contributed by atoms with Crippen LogP contribution in [0.5, 0.6) is 0 Å². The Kier molecular flexibility index (Phi) is 5.64. The first kappa shape index (κ1) is 18.9. The molecule has 0 radical (unpaired) electrons. The van der Waals surface area contributed by atoms with Crippen LogP contribution in [0.3, 0.4) is 0 Å². The molecule has 1 atom stereocenters. The van der Waals surface area contributed by atoms with E-state index in [-0.39, 0.29) is 17.5 Å². The van der Waals surface area contributed by atoms with Gasteiger partial charge in [-0.2, -0.15) is 5.10 Å². The second-order valence-electron chi connectivity index (χ2n) is 6.05. The van der Waals surface area contributed by atoms with Crippen molar-refractivity contribution in [2.24, 2.45) is 5.10 Å². The minimum Gasteiger partial charge on any atom is -0.333 e. The zero-order valence-corrected chi connectivity index (χ0v) is 16.4. The molecule has 1 aliphatic rings. The third kappa shape index (κ3) is 4.84. The number of hydrogen-bond donors (Lipinski definition) is 2. The maximum atomic E-state index is 11.9. The summed E-state index contributed by atoms with van der Waals surface area (Å²) in [4.78, 5) is 13.9. The summed E-state index contributed by atoms with van der Waals surface area (Å²) in [5.41, 5.74) is 4.16. The highest BCUT2D eigenvalue weighted by molar-refractivity contribution is 7.91. The highest BCUT2D eigenvalue weighted by atomic mass is 35.5. The highest BCUT2D eigenvalue weighted by Gasteiger charge is 2.28. The number of hydrogen-bond acceptors (Lipinski definition) is 5. The number of amides is 2. The second kappa shape index (κ2) is 7.77. The lowest BCUT2D eigenvalue weighted by Gasteiger charge is -2.09. The molecule has 2 amide bonds. The van der Waals surface area contributed by atoms with Crippen molar-refractivity contribution in [3.8, 4) is 10.4 Å². The number of hydrazone groups is 1. The minimum absolute atomic E-state index is 0.0154. The van der Waals surface area contributed by atoms with Crippen molar-refractivity contribution in [2.45, 2.75) is 19.4 Å². The maximum absolute atomic E-state index is 11.9. The van der Waals surface area contributed by atoms with E-state index >= 15 is 0 Å². The van der Waals surface area contributed by atoms with Crippen LogP contribution in [0.15, 0.2) is 41.5 Å². The molecule has 9 heteroatoms. The zero-order valence-electron chi connectivity index (χ0n) is 14.0. The highest BCUT2D eigenvalue weighted by Crippen LogP contribution is 2.29. The molecule has 2 heterocycles. The fourth-order valence-corrected chi connectivity index (χ4v) is 5.37. The third-order valence-corrected chi connectivity index (χ3v) is 7.25. The van der Waals surface area contributed by atoms with Crippen molar-refractivity contribution in [3.05, 3.63) is 46.3 Å². The van der Waals surface area contributed by atoms with E-state index in [1.54, 1.807) is 18.3 Å². The predicted octanol–water partition coefficient (Wildman–Crippen LogP) is 3.28. The molecule has 0 aliphatic carbocycles. The largest absolute Gasteiger partial charge is 0.335 e. The number of nitrogens with zero attached hydrogens (tertiary/aromatic N) is 1. The molecule has 138 valence electrons. The van der Waals surface area contributed by atoms with Gasteiger partial charge in [0, 0.05) is 15.9 Å². The van der Waals surface area contributed by atoms with E-state index in [1.807, 2.05) is 36.4 Å². The standard InChI is InChI=1S/C17H18ClN3O3S2/c1-11(20-21-17(22)19-14-8-9-26(23,24)10-14)15-6-7-16(25-15)12-2-4-13(18)5-3-12/h2-7,14H,8-10H2,1H3,(H2,19,21,22). The fraction of sp³-hybridized carbons (Fsp3) is 0.294. The van der Waals surface area contributed by atoms with Gasteiger partial charge in [0.1, 0.15) is 0 Å². The van der Waals surface area contributed by atoms with Gasteiger partial charge in [0.25, 0.3) is 0 Å². The van der Waals surface area contributed by atoms with Gasteiger partial charge >= 0.3 is 6.03 Å². The molecule has 2 N–H and O–H groups in total. The van der Waals surface area contributed by atoms with Gasteiger partial charge in [-0.1, -0.05) is 23.7 Å². The molecule has 1 fully saturated rings. The first-order valence-electron chi connectivity index (χ1n) is 8.00. The average Bonchev–Trinajstić information content (AvgIpc) is 3.20. The fourth-order valence-electron chi connectivity index (χ4n) is 2.62. The molecule has 0 spiro atoms. The number of carbonyl (C=O) groups is 1. The van der Waals surface area contributed by atoms with Crippen molar-refractivity contribution < 1.29 is 13.2 Å². The lowest BCUT2D eigenvalue weighted by Crippen LogP contribution is -2.41. The molecule has 0 bridgehead atoms. The molecule has 3 rings (SSSR count). The number of halogens is 1. The number of rotatable bonds is 4. The van der Waals surface area contributed by atoms with E-state index in [4.69, 9.17) is 11.6 Å². The van der Waals surface area contributed by atoms with Crippen LogP contribution in [0.25, 0.3) is 10.4 Å². The summed E-state index contributed by atoms with van der Waals surface area (Å²) in [6.45, 7) is 1.80. The van der Waals surface area contributed by atoms with Gasteiger partial charge in [0.05, 0.1) is 22.1 Å². The van der Waals surface area contributed by atoms with E-state index in [2.05, 4.69) is 15.8 Å². The molecule has 1 aromatic carbocycles. The molecule has 2 aromatic rings. The van der Waals surface area contributed by atoms with Gasteiger partial charge in [0.2, 0.25) is 0 Å². The predicted molar refractivity (Wildman–Crippen MR) is 106 cm³/mol. The quantitative estimate of drug-likeness (QED) is 0.597. The number of benzene rings is 1. The SMILES string of the molecule is CC(=NNC(=O)NC1CCS(=O)(=O)C1)c1ccc(-c2ccc(Cl)cc2)s1. The first-order valence-corrected chi connectivity index (χ1v) is 11.0. The molecule has 1 saturated heterocycles. The van der Waals surface area contributed by atoms with E-state index in [1.165, 1.54) is 0 Å². The minimum atomic E-state index is -3.03. The molecule has 1 unspecified atom stereocenters. The van der Waals surface area contributed by atoms with Crippen LogP contribution in [-0.2, 0) is 9.84 Å². The van der Waals surface area contributed by atoms with Crippen molar-refractivity contribution in [1.82, 2.24) is 10.7 Å². The van der Waals surface area contributed by atoms with Crippen molar-refractivity contribution >= 4 is 44.5 Å². The Labute approximate surface area is 161 Å². The molecule has 1 aliphatic heterocycles. The van der Waals surface area contributed by atoms with E-state index in [0.29, 0.717) is 17.2 Å². The van der Waals surface area contributed by atoms with Gasteiger partial charge in [-0.3, -0.25) is 0 Å². The summed E-state index contributed by atoms with van der Waals surface area (Å²) in [5.74, 6) is 0.0986. The molecule has 0 saturated carbocycles. The van der Waals surface area contributed by atoms with E-state index in [0.717, 1.165) is 15.3 Å². The van der Waals surface area contributed by atoms with Gasteiger partial charge in [-0.15, -0.1) is 11.3 Å². The Hall–Kier alpha value is -1.90. The molecule has 6 nitrogen and oxygen atoms in total. The van der Waals surface area contributed by atoms with Crippen LogP contribution in [0.4, 0.5) is 4.79 Å². The number of sulfone groups is 1. The first-order chi connectivity index (χ1) is 12.3. The number of nitrogens with one attached hydrogen (secondary N) is 2. The van der Waals surface area contributed by atoms with Crippen LogP contribution in [0.2, 0.25) is 5.02 Å². The number of urea groups is 1. The summed E-state index contributed by atoms with van der Waals surface area (Å²) in [7, 11) is -3.03. The van der Waals surface area contributed by atoms with Crippen LogP contribution in [-0.4, -0.2) is 37.7 Å². The summed E-state index contributed by atoms with van der Waals surface area (Å²) in [6, 6.07) is 10.7. The van der Waals surface area contributed by atoms with Crippen molar-refractivity contribution in [3.63, 3.8) is 0 Å². The Morgan fingerprint density at radius 2 is 1.96 bits per heavy atom. The number of thiophene rings is 1. The summed E-state index contributed by atoms with van der Waals surface area (Å²) in [6.07, 6.45) is 0.438. The van der Waals surface area contributed by atoms with Crippen LogP contribution in [0.1, 0.15) is 18.2 Å². The Balaban J connectivity index is 1.59. The summed E-state index contributed by atoms with van der Waals surface area (Å²) >= 11 is 7.47. The molecule has 1 aromatic heterocycles. The monoisotopic (exact) mass is 411 g/mol. The summed E-state index contributed by atoms with van der Waals surface area (Å²) in [5, 5.41) is 7.41. The Morgan fingerprint density at radius 1 is 1.23 bits per heavy atom. The van der Waals surface area contributed by atoms with Crippen LogP contribution >= 0.6 is 22.9 Å². The number of carbonyl (C=O) groups excluding carboxylic acids is 1. The van der Waals surface area contributed by atoms with Gasteiger partial charge in [-0.25, -0.2) is 18.6 Å². The Bertz CT molecular complexity index is 936. The van der Waals surface area contributed by atoms with Gasteiger partial charge in [-0.05, 0) is 43.2 Å². The zero-order chi connectivity index (χ0) is 18.7. The van der Waals surface area contributed by atoms with E-state index < -0.39 is 15.9 Å². The average molecular weight is 412 g/mol. The lowest BCUT2D eigenvalue weighted by molar-refractivity contribution is 0.238.